The first-order valence-corrected chi connectivity index (χ1v) is 15.6. The van der Waals surface area contributed by atoms with Gasteiger partial charge in [0.2, 0.25) is 0 Å². The van der Waals surface area contributed by atoms with Crippen LogP contribution in [0.1, 0.15) is 11.1 Å². The lowest BCUT2D eigenvalue weighted by Gasteiger charge is -2.36. The fourth-order valence-electron chi connectivity index (χ4n) is 4.31. The first-order valence-electron chi connectivity index (χ1n) is 11.9. The van der Waals surface area contributed by atoms with Crippen LogP contribution in [-0.2, 0) is 24.2 Å². The van der Waals surface area contributed by atoms with E-state index >= 15 is 0 Å². The van der Waals surface area contributed by atoms with Gasteiger partial charge in [-0.05, 0) is 23.8 Å². The summed E-state index contributed by atoms with van der Waals surface area (Å²) in [4.78, 5) is 8.52. The van der Waals surface area contributed by atoms with E-state index < -0.39 is 19.8 Å². The minimum absolute atomic E-state index is 0.0406. The van der Waals surface area contributed by atoms with E-state index in [0.29, 0.717) is 45.0 Å². The van der Waals surface area contributed by atoms with Crippen molar-refractivity contribution in [2.45, 2.75) is 45.1 Å². The van der Waals surface area contributed by atoms with Crippen LogP contribution in [-0.4, -0.2) is 55.3 Å². The van der Waals surface area contributed by atoms with Gasteiger partial charge >= 0.3 is 6.18 Å². The van der Waals surface area contributed by atoms with E-state index in [-0.39, 0.29) is 23.6 Å². The summed E-state index contributed by atoms with van der Waals surface area (Å²) in [5.41, 5.74) is 1.16. The van der Waals surface area contributed by atoms with Crippen LogP contribution in [0.2, 0.25) is 25.7 Å². The fourth-order valence-corrected chi connectivity index (χ4v) is 5.07. The Kier molecular flexibility index (Phi) is 7.53. The Hall–Kier alpha value is -2.43. The molecule has 0 atom stereocenters. The van der Waals surface area contributed by atoms with E-state index in [2.05, 4.69) is 29.5 Å². The standard InChI is InChI=1S/C25H32F4N4OSi/c1-35(2,3)15-14-34-18-33-17-21(25(27,28)29)23-22(8-9-30-24(23)33)32-12-10-31(11-13-32)16-19-4-6-20(26)7-5-19/h4-9,17H,10-16,18H2,1-3H3/q-1. The van der Waals surface area contributed by atoms with Crippen LogP contribution in [0.5, 0.6) is 0 Å². The number of halogens is 4. The molecule has 0 aliphatic carbocycles. The lowest BCUT2D eigenvalue weighted by Crippen LogP contribution is -2.46. The maximum Gasteiger partial charge on any atom is 0.418 e. The van der Waals surface area contributed by atoms with E-state index in [9.17, 15) is 17.6 Å². The Morgan fingerprint density at radius 3 is 2.31 bits per heavy atom. The van der Waals surface area contributed by atoms with E-state index in [4.69, 9.17) is 4.74 Å². The molecule has 1 aliphatic heterocycles. The molecule has 0 amide bonds. The monoisotopic (exact) mass is 508 g/mol. The molecule has 35 heavy (non-hydrogen) atoms. The molecule has 0 unspecified atom stereocenters. The van der Waals surface area contributed by atoms with Gasteiger partial charge < -0.3 is 14.2 Å². The third-order valence-electron chi connectivity index (χ3n) is 6.30. The molecule has 0 spiro atoms. The summed E-state index contributed by atoms with van der Waals surface area (Å²) in [6, 6.07) is 9.02. The predicted molar refractivity (Wildman–Crippen MR) is 133 cm³/mol. The normalized spacial score (nSPS) is 15.8. The van der Waals surface area contributed by atoms with E-state index in [1.54, 1.807) is 24.4 Å². The highest BCUT2D eigenvalue weighted by Gasteiger charge is 2.37. The molecule has 1 fully saturated rings. The van der Waals surface area contributed by atoms with Gasteiger partial charge in [-0.1, -0.05) is 12.1 Å². The second-order valence-corrected chi connectivity index (χ2v) is 15.9. The molecule has 5 nitrogen and oxygen atoms in total. The van der Waals surface area contributed by atoms with Gasteiger partial charge in [0, 0.05) is 51.7 Å². The topological polar surface area (TPSA) is 33.5 Å². The molecular formula is C25H32F4N4OSi-. The predicted octanol–water partition coefficient (Wildman–Crippen LogP) is 5.83. The molecule has 0 saturated carbocycles. The Balaban J connectivity index is 1.52. The smallest absolute Gasteiger partial charge is 0.368 e. The third-order valence-corrected chi connectivity index (χ3v) is 8.00. The minimum Gasteiger partial charge on any atom is -0.368 e. The van der Waals surface area contributed by atoms with Gasteiger partial charge in [-0.2, -0.15) is 32.8 Å². The Bertz CT molecular complexity index is 1130. The van der Waals surface area contributed by atoms with Crippen LogP contribution >= 0.6 is 0 Å². The summed E-state index contributed by atoms with van der Waals surface area (Å²) in [5.74, 6) is -0.269. The summed E-state index contributed by atoms with van der Waals surface area (Å²) < 4.78 is 62.5. The summed E-state index contributed by atoms with van der Waals surface area (Å²) >= 11 is 0. The molecule has 0 bridgehead atoms. The number of hydrogen-bond acceptors (Lipinski definition) is 4. The Labute approximate surface area is 204 Å². The van der Waals surface area contributed by atoms with Crippen molar-refractivity contribution in [2.24, 2.45) is 0 Å². The number of piperazine rings is 1. The number of pyridine rings is 1. The molecule has 1 aromatic carbocycles. The van der Waals surface area contributed by atoms with E-state index in [0.717, 1.165) is 17.8 Å². The summed E-state index contributed by atoms with van der Waals surface area (Å²) in [5, 5.41) is 0.126. The summed E-state index contributed by atoms with van der Waals surface area (Å²) in [6.07, 6.45) is -1.80. The molecule has 3 aromatic rings. The number of benzene rings is 1. The second-order valence-electron chi connectivity index (χ2n) is 10.3. The van der Waals surface area contributed by atoms with Crippen LogP contribution in [0.3, 0.4) is 0 Å². The highest BCUT2D eigenvalue weighted by Crippen LogP contribution is 2.40. The lowest BCUT2D eigenvalue weighted by molar-refractivity contribution is -0.136. The summed E-state index contributed by atoms with van der Waals surface area (Å²) in [6.45, 7) is 10.5. The van der Waals surface area contributed by atoms with Crippen molar-refractivity contribution in [1.29, 1.82) is 0 Å². The highest BCUT2D eigenvalue weighted by molar-refractivity contribution is 6.76. The van der Waals surface area contributed by atoms with Crippen molar-refractivity contribution in [3.05, 3.63) is 59.7 Å². The van der Waals surface area contributed by atoms with Crippen LogP contribution < -0.4 is 4.90 Å². The molecule has 10 heteroatoms. The first-order chi connectivity index (χ1) is 16.5. The Morgan fingerprint density at radius 2 is 1.69 bits per heavy atom. The molecule has 1 aliphatic rings. The number of aromatic nitrogens is 2. The molecule has 2 aromatic heterocycles. The van der Waals surface area contributed by atoms with Crippen molar-refractivity contribution >= 4 is 24.8 Å². The van der Waals surface area contributed by atoms with Gasteiger partial charge in [-0.3, -0.25) is 4.90 Å². The van der Waals surface area contributed by atoms with E-state index in [1.165, 1.54) is 16.7 Å². The summed E-state index contributed by atoms with van der Waals surface area (Å²) in [7, 11) is -1.30. The molecule has 0 radical (unpaired) electrons. The number of hydrogen-bond donors (Lipinski definition) is 0. The van der Waals surface area contributed by atoms with Crippen LogP contribution in [0.25, 0.3) is 11.0 Å². The SMILES string of the molecule is C[Si-](C)(C)CCOCn1cc(C(F)(F)F)c2c(N3CCN(Cc4ccc(F)cc4)CC3)ccnc21. The van der Waals surface area contributed by atoms with Gasteiger partial charge in [0.05, 0.1) is 16.6 Å². The molecule has 191 valence electrons. The lowest BCUT2D eigenvalue weighted by atomic mass is 10.1. The van der Waals surface area contributed by atoms with Gasteiger partial charge in [0.15, 0.2) is 0 Å². The molecule has 1 saturated heterocycles. The fraction of sp³-hybridized carbons (Fsp3) is 0.480. The maximum atomic E-state index is 14.0. The quantitative estimate of drug-likeness (QED) is 0.218. The first kappa shape index (κ1) is 25.7. The van der Waals surface area contributed by atoms with Crippen molar-refractivity contribution in [2.75, 3.05) is 37.7 Å². The van der Waals surface area contributed by atoms with Gasteiger partial charge in [0.1, 0.15) is 18.2 Å². The van der Waals surface area contributed by atoms with Gasteiger partial charge in [0.25, 0.3) is 0 Å². The van der Waals surface area contributed by atoms with Crippen molar-refractivity contribution in [1.82, 2.24) is 14.5 Å². The number of ether oxygens (including phenoxy) is 1. The molecular weight excluding hydrogens is 476 g/mol. The van der Waals surface area contributed by atoms with Crippen LogP contribution in [0.4, 0.5) is 23.2 Å². The second kappa shape index (κ2) is 10.3. The number of nitrogens with zero attached hydrogens (tertiary/aromatic N) is 4. The average Bonchev–Trinajstić information content (AvgIpc) is 3.18. The number of fused-ring (bicyclic) bond motifs is 1. The zero-order valence-electron chi connectivity index (χ0n) is 20.4. The average molecular weight is 509 g/mol. The van der Waals surface area contributed by atoms with Crippen molar-refractivity contribution in [3.8, 4) is 0 Å². The number of alkyl halides is 3. The van der Waals surface area contributed by atoms with Crippen molar-refractivity contribution < 1.29 is 22.3 Å². The highest BCUT2D eigenvalue weighted by atomic mass is 28.3. The minimum atomic E-state index is -4.50. The zero-order valence-corrected chi connectivity index (χ0v) is 21.4. The number of rotatable bonds is 8. The third kappa shape index (κ3) is 6.42. The Morgan fingerprint density at radius 1 is 1.00 bits per heavy atom. The van der Waals surface area contributed by atoms with Crippen LogP contribution in [0.15, 0.2) is 42.7 Å². The van der Waals surface area contributed by atoms with Gasteiger partial charge in [-0.25, -0.2) is 9.37 Å². The van der Waals surface area contributed by atoms with Gasteiger partial charge in [-0.15, -0.1) is 14.1 Å². The molecule has 4 rings (SSSR count). The van der Waals surface area contributed by atoms with E-state index in [1.807, 2.05) is 4.90 Å². The number of anilines is 1. The zero-order chi connectivity index (χ0) is 25.2. The van der Waals surface area contributed by atoms with Crippen LogP contribution in [0, 0.1) is 5.82 Å². The largest absolute Gasteiger partial charge is 0.418 e. The molecule has 3 heterocycles. The van der Waals surface area contributed by atoms with Crippen molar-refractivity contribution in [3.63, 3.8) is 0 Å². The molecule has 0 N–H and O–H groups in total. The maximum absolute atomic E-state index is 14.0.